The van der Waals surface area contributed by atoms with Gasteiger partial charge in [-0.2, -0.15) is 0 Å². The lowest BCUT2D eigenvalue weighted by Crippen LogP contribution is -2.24. The number of thioether (sulfide) groups is 2. The first-order valence-corrected chi connectivity index (χ1v) is 6.52. The minimum atomic E-state index is 0.0735. The van der Waals surface area contributed by atoms with E-state index in [1.165, 1.54) is 11.5 Å². The second kappa shape index (κ2) is 1.52. The summed E-state index contributed by atoms with van der Waals surface area (Å²) in [6, 6.07) is 0. The monoisotopic (exact) mass is 198 g/mol. The van der Waals surface area contributed by atoms with Crippen LogP contribution < -0.4 is 0 Å². The van der Waals surface area contributed by atoms with Crippen LogP contribution >= 0.6 is 23.5 Å². The van der Waals surface area contributed by atoms with Gasteiger partial charge in [0.15, 0.2) is 5.78 Å². The summed E-state index contributed by atoms with van der Waals surface area (Å²) in [5, 5.41) is 0. The van der Waals surface area contributed by atoms with Gasteiger partial charge in [0.1, 0.15) is 4.08 Å². The largest absolute Gasteiger partial charge is 0.297 e. The molecule has 1 unspecified atom stereocenters. The maximum Gasteiger partial charge on any atom is 0.163 e. The summed E-state index contributed by atoms with van der Waals surface area (Å²) < 4.78 is 0.0735. The number of ketones is 1. The second-order valence-electron chi connectivity index (χ2n) is 4.58. The van der Waals surface area contributed by atoms with Crippen LogP contribution in [-0.2, 0) is 4.79 Å². The van der Waals surface area contributed by atoms with Gasteiger partial charge in [0, 0.05) is 23.3 Å². The molecule has 64 valence electrons. The Morgan fingerprint density at radius 2 is 2.00 bits per heavy atom. The number of hydrogen-bond donors (Lipinski definition) is 0. The summed E-state index contributed by atoms with van der Waals surface area (Å²) in [5.74, 6) is 5.10. The quantitative estimate of drug-likeness (QED) is 0.589. The Balaban J connectivity index is 1.86. The van der Waals surface area contributed by atoms with E-state index >= 15 is 0 Å². The molecular weight excluding hydrogens is 188 g/mol. The fraction of sp³-hybridized carbons (Fsp3) is 0.889. The first-order valence-electron chi connectivity index (χ1n) is 4.55. The van der Waals surface area contributed by atoms with Gasteiger partial charge in [-0.15, -0.1) is 23.5 Å². The lowest BCUT2D eigenvalue weighted by Gasteiger charge is -2.18. The Labute approximate surface area is 80.0 Å². The van der Waals surface area contributed by atoms with Crippen molar-refractivity contribution >= 4 is 29.3 Å². The first-order chi connectivity index (χ1) is 5.73. The molecule has 5 aliphatic rings. The van der Waals surface area contributed by atoms with E-state index in [-0.39, 0.29) is 4.08 Å². The molecule has 1 spiro atoms. The topological polar surface area (TPSA) is 17.1 Å². The summed E-state index contributed by atoms with van der Waals surface area (Å²) in [6.07, 6.45) is 0. The molecule has 0 aromatic carbocycles. The van der Waals surface area contributed by atoms with E-state index < -0.39 is 0 Å². The number of carbonyl (C=O) groups is 1. The van der Waals surface area contributed by atoms with Crippen LogP contribution in [0.2, 0.25) is 0 Å². The van der Waals surface area contributed by atoms with Gasteiger partial charge < -0.3 is 0 Å². The maximum atomic E-state index is 12.0. The van der Waals surface area contributed by atoms with Gasteiger partial charge in [-0.3, -0.25) is 4.79 Å². The Kier molecular flexibility index (Phi) is 0.857. The van der Waals surface area contributed by atoms with Crippen molar-refractivity contribution in [2.75, 3.05) is 11.5 Å². The molecule has 1 nitrogen and oxygen atoms in total. The Hall–Kier alpha value is 0.370. The van der Waals surface area contributed by atoms with Gasteiger partial charge in [-0.05, 0) is 11.3 Å². The fourth-order valence-corrected chi connectivity index (χ4v) is 7.42. The third-order valence-corrected chi connectivity index (χ3v) is 7.86. The first kappa shape index (κ1) is 6.77. The SMILES string of the molecule is C[C@]12C3C(=O)C4(SCCS4)[C@H]1[C@@H]32. The Morgan fingerprint density at radius 1 is 1.42 bits per heavy atom. The lowest BCUT2D eigenvalue weighted by atomic mass is 10.1. The van der Waals surface area contributed by atoms with Gasteiger partial charge in [0.25, 0.3) is 0 Å². The molecule has 4 aliphatic carbocycles. The van der Waals surface area contributed by atoms with Crippen molar-refractivity contribution < 1.29 is 4.79 Å². The zero-order valence-electron chi connectivity index (χ0n) is 6.87. The standard InChI is InChI=1S/C9H10OS2/c1-8-4-5(8)7(10)9(6(4)8)11-2-3-12-9/h4-6H,2-3H2,1H3/t4-,5?,6+,8+/m1/s1. The van der Waals surface area contributed by atoms with Gasteiger partial charge in [-0.1, -0.05) is 6.92 Å². The van der Waals surface area contributed by atoms with Crippen LogP contribution in [-0.4, -0.2) is 21.4 Å². The zero-order valence-corrected chi connectivity index (χ0v) is 8.50. The van der Waals surface area contributed by atoms with Crippen molar-refractivity contribution in [1.29, 1.82) is 0 Å². The number of rotatable bonds is 0. The van der Waals surface area contributed by atoms with Crippen LogP contribution in [0.15, 0.2) is 0 Å². The molecular formula is C9H10OS2. The molecule has 3 heteroatoms. The van der Waals surface area contributed by atoms with Gasteiger partial charge in [0.05, 0.1) is 0 Å². The molecule has 4 saturated carbocycles. The van der Waals surface area contributed by atoms with Crippen LogP contribution in [0.25, 0.3) is 0 Å². The summed E-state index contributed by atoms with van der Waals surface area (Å²) in [5.41, 5.74) is 0.501. The summed E-state index contributed by atoms with van der Waals surface area (Å²) in [6.45, 7) is 2.32. The van der Waals surface area contributed by atoms with Crippen LogP contribution in [0, 0.1) is 23.2 Å². The Morgan fingerprint density at radius 3 is 2.42 bits per heavy atom. The van der Waals surface area contributed by atoms with Crippen molar-refractivity contribution in [2.45, 2.75) is 11.0 Å². The fourth-order valence-electron chi connectivity index (χ4n) is 3.61. The minimum Gasteiger partial charge on any atom is -0.297 e. The molecule has 2 bridgehead atoms. The molecule has 0 radical (unpaired) electrons. The van der Waals surface area contributed by atoms with Gasteiger partial charge >= 0.3 is 0 Å². The minimum absolute atomic E-state index is 0.0735. The highest BCUT2D eigenvalue weighted by molar-refractivity contribution is 8.22. The smallest absolute Gasteiger partial charge is 0.163 e. The average Bonchev–Trinajstić information content (AvgIpc) is 2.66. The van der Waals surface area contributed by atoms with Gasteiger partial charge in [0.2, 0.25) is 0 Å². The molecule has 1 heterocycles. The number of Topliss-reactive ketones (excluding diaryl/α,β-unsaturated/α-hetero) is 1. The third kappa shape index (κ3) is 0.406. The predicted molar refractivity (Wildman–Crippen MR) is 51.2 cm³/mol. The molecule has 0 N–H and O–H groups in total. The molecule has 12 heavy (non-hydrogen) atoms. The van der Waals surface area contributed by atoms with Crippen molar-refractivity contribution in [3.05, 3.63) is 0 Å². The van der Waals surface area contributed by atoms with Crippen LogP contribution in [0.4, 0.5) is 0 Å². The third-order valence-electron chi connectivity index (χ3n) is 4.31. The van der Waals surface area contributed by atoms with E-state index in [9.17, 15) is 4.79 Å². The average molecular weight is 198 g/mol. The molecule has 4 atom stereocenters. The molecule has 5 fully saturated rings. The van der Waals surface area contributed by atoms with Gasteiger partial charge in [-0.25, -0.2) is 0 Å². The second-order valence-corrected chi connectivity index (χ2v) is 7.52. The maximum absolute atomic E-state index is 12.0. The number of carbonyl (C=O) groups excluding carboxylic acids is 1. The van der Waals surface area contributed by atoms with E-state index in [4.69, 9.17) is 0 Å². The lowest BCUT2D eigenvalue weighted by molar-refractivity contribution is -0.118. The van der Waals surface area contributed by atoms with E-state index in [0.717, 1.165) is 11.8 Å². The van der Waals surface area contributed by atoms with Crippen LogP contribution in [0.3, 0.4) is 0 Å². The van der Waals surface area contributed by atoms with Crippen molar-refractivity contribution in [2.24, 2.45) is 23.2 Å². The van der Waals surface area contributed by atoms with E-state index in [2.05, 4.69) is 6.92 Å². The van der Waals surface area contributed by atoms with E-state index in [1.807, 2.05) is 23.5 Å². The van der Waals surface area contributed by atoms with E-state index in [1.54, 1.807) is 0 Å². The van der Waals surface area contributed by atoms with Crippen LogP contribution in [0.5, 0.6) is 0 Å². The molecule has 5 rings (SSSR count). The Bertz CT molecular complexity index is 308. The van der Waals surface area contributed by atoms with Crippen molar-refractivity contribution in [3.8, 4) is 0 Å². The molecule has 1 aliphatic heterocycles. The molecule has 0 aromatic heterocycles. The zero-order chi connectivity index (χ0) is 8.14. The number of hydrogen-bond acceptors (Lipinski definition) is 3. The van der Waals surface area contributed by atoms with Crippen molar-refractivity contribution in [1.82, 2.24) is 0 Å². The molecule has 0 amide bonds. The molecule has 0 aromatic rings. The summed E-state index contributed by atoms with van der Waals surface area (Å²) in [4.78, 5) is 12.0. The van der Waals surface area contributed by atoms with Crippen molar-refractivity contribution in [3.63, 3.8) is 0 Å². The van der Waals surface area contributed by atoms with Crippen LogP contribution in [0.1, 0.15) is 6.92 Å². The molecule has 1 saturated heterocycles. The highest BCUT2D eigenvalue weighted by Crippen LogP contribution is 2.95. The summed E-state index contributed by atoms with van der Waals surface area (Å²) in [7, 11) is 0. The highest BCUT2D eigenvalue weighted by Gasteiger charge is 2.97. The predicted octanol–water partition coefficient (Wildman–Crippen LogP) is 1.63. The summed E-state index contributed by atoms with van der Waals surface area (Å²) >= 11 is 3.89. The highest BCUT2D eigenvalue weighted by atomic mass is 32.2. The van der Waals surface area contributed by atoms with E-state index in [0.29, 0.717) is 17.1 Å². The normalized spacial score (nSPS) is 62.4.